The molecule has 0 saturated carbocycles. The van der Waals surface area contributed by atoms with Gasteiger partial charge in [-0.2, -0.15) is 0 Å². The zero-order chi connectivity index (χ0) is 12.4. The third kappa shape index (κ3) is 6.82. The van der Waals surface area contributed by atoms with Crippen LogP contribution < -0.4 is 0 Å². The van der Waals surface area contributed by atoms with Crippen molar-refractivity contribution in [2.24, 2.45) is 0 Å². The number of hydrogen-bond donors (Lipinski definition) is 0. The Morgan fingerprint density at radius 3 is 2.50 bits per heavy atom. The van der Waals surface area contributed by atoms with E-state index in [-0.39, 0.29) is 5.60 Å². The van der Waals surface area contributed by atoms with Crippen LogP contribution in [-0.4, -0.2) is 11.9 Å². The Morgan fingerprint density at radius 1 is 1.31 bits per heavy atom. The van der Waals surface area contributed by atoms with Gasteiger partial charge in [0.15, 0.2) is 0 Å². The summed E-state index contributed by atoms with van der Waals surface area (Å²) in [5.41, 5.74) is -0.358. The number of carbonyl (C=O) groups excluding carboxylic acids is 1. The van der Waals surface area contributed by atoms with Crippen LogP contribution in [0.4, 0.5) is 0 Å². The first kappa shape index (κ1) is 14.4. The second-order valence-corrected chi connectivity index (χ2v) is 3.96. The van der Waals surface area contributed by atoms with E-state index in [2.05, 4.69) is 13.2 Å². The molecule has 2 heteroatoms. The zero-order valence-corrected chi connectivity index (χ0v) is 10.1. The summed E-state index contributed by atoms with van der Waals surface area (Å²) in [6.45, 7) is 11.2. The second kappa shape index (κ2) is 7.69. The average molecular weight is 220 g/mol. The molecule has 0 aromatic rings. The molecule has 0 aliphatic carbocycles. The Morgan fingerprint density at radius 2 is 2.00 bits per heavy atom. The van der Waals surface area contributed by atoms with Crippen molar-refractivity contribution in [2.75, 3.05) is 0 Å². The highest BCUT2D eigenvalue weighted by molar-refractivity contribution is 5.49. The van der Waals surface area contributed by atoms with Crippen molar-refractivity contribution >= 4 is 6.29 Å². The fourth-order valence-corrected chi connectivity index (χ4v) is 1.15. The van der Waals surface area contributed by atoms with Crippen molar-refractivity contribution in [2.45, 2.75) is 32.3 Å². The fraction of sp³-hybridized carbons (Fsp3) is 0.357. The molecule has 16 heavy (non-hydrogen) atoms. The van der Waals surface area contributed by atoms with Gasteiger partial charge in [0, 0.05) is 6.42 Å². The summed E-state index contributed by atoms with van der Waals surface area (Å²) < 4.78 is 5.73. The Labute approximate surface area is 98.0 Å². The summed E-state index contributed by atoms with van der Waals surface area (Å²) in [6.07, 6.45) is 10.9. The first-order chi connectivity index (χ1) is 7.55. The van der Waals surface area contributed by atoms with Crippen LogP contribution in [0, 0.1) is 0 Å². The summed E-state index contributed by atoms with van der Waals surface area (Å²) in [5, 5.41) is 0. The monoisotopic (exact) mass is 220 g/mol. The van der Waals surface area contributed by atoms with Gasteiger partial charge in [0.1, 0.15) is 17.6 Å². The van der Waals surface area contributed by atoms with Gasteiger partial charge in [0.05, 0.1) is 0 Å². The molecular weight excluding hydrogens is 200 g/mol. The maximum Gasteiger partial charge on any atom is 0.120 e. The molecule has 0 unspecified atom stereocenters. The van der Waals surface area contributed by atoms with Crippen LogP contribution in [-0.2, 0) is 9.53 Å². The summed E-state index contributed by atoms with van der Waals surface area (Å²) in [4.78, 5) is 10.3. The molecule has 0 saturated heterocycles. The summed E-state index contributed by atoms with van der Waals surface area (Å²) in [5.74, 6) is 0.689. The first-order valence-corrected chi connectivity index (χ1v) is 5.30. The smallest absolute Gasteiger partial charge is 0.120 e. The van der Waals surface area contributed by atoms with Crippen LogP contribution in [0.5, 0.6) is 0 Å². The van der Waals surface area contributed by atoms with Crippen LogP contribution in [0.15, 0.2) is 49.3 Å². The molecule has 0 radical (unpaired) electrons. The quantitative estimate of drug-likeness (QED) is 0.355. The zero-order valence-electron chi connectivity index (χ0n) is 10.1. The molecule has 0 aromatic carbocycles. The van der Waals surface area contributed by atoms with Crippen LogP contribution in [0.2, 0.25) is 0 Å². The molecule has 0 atom stereocenters. The van der Waals surface area contributed by atoms with Gasteiger partial charge in [0.25, 0.3) is 0 Å². The van der Waals surface area contributed by atoms with Crippen molar-refractivity contribution in [1.29, 1.82) is 0 Å². The summed E-state index contributed by atoms with van der Waals surface area (Å²) in [6, 6.07) is 0. The Balaban J connectivity index is 4.45. The fourth-order valence-electron chi connectivity index (χ4n) is 1.15. The normalized spacial score (nSPS) is 12.5. The minimum Gasteiger partial charge on any atom is -0.488 e. The number of aldehydes is 1. The van der Waals surface area contributed by atoms with E-state index in [1.165, 1.54) is 0 Å². The van der Waals surface area contributed by atoms with Gasteiger partial charge >= 0.3 is 0 Å². The predicted octanol–water partition coefficient (Wildman–Crippen LogP) is 3.57. The van der Waals surface area contributed by atoms with E-state index in [0.717, 1.165) is 6.29 Å². The van der Waals surface area contributed by atoms with Gasteiger partial charge in [-0.25, -0.2) is 0 Å². The second-order valence-electron chi connectivity index (χ2n) is 3.96. The predicted molar refractivity (Wildman–Crippen MR) is 68.1 cm³/mol. The number of allylic oxidation sites excluding steroid dienone is 5. The summed E-state index contributed by atoms with van der Waals surface area (Å²) in [7, 11) is 0. The van der Waals surface area contributed by atoms with Crippen molar-refractivity contribution in [3.8, 4) is 0 Å². The van der Waals surface area contributed by atoms with Crippen LogP contribution in [0.3, 0.4) is 0 Å². The van der Waals surface area contributed by atoms with E-state index >= 15 is 0 Å². The van der Waals surface area contributed by atoms with Crippen LogP contribution in [0.25, 0.3) is 0 Å². The minimum atomic E-state index is -0.358. The lowest BCUT2D eigenvalue weighted by atomic mass is 10.0. The van der Waals surface area contributed by atoms with Gasteiger partial charge in [-0.05, 0) is 32.4 Å². The molecule has 0 bridgehead atoms. The number of hydrogen-bond acceptors (Lipinski definition) is 2. The molecule has 0 aromatic heterocycles. The number of ether oxygens (including phenoxy) is 1. The third-order valence-corrected chi connectivity index (χ3v) is 1.97. The van der Waals surface area contributed by atoms with Gasteiger partial charge in [0.2, 0.25) is 0 Å². The van der Waals surface area contributed by atoms with Crippen LogP contribution >= 0.6 is 0 Å². The Hall–Kier alpha value is -1.57. The van der Waals surface area contributed by atoms with E-state index in [0.29, 0.717) is 18.6 Å². The molecule has 0 spiro atoms. The molecule has 0 aliphatic heterocycles. The first-order valence-electron chi connectivity index (χ1n) is 5.30. The van der Waals surface area contributed by atoms with Crippen molar-refractivity contribution in [1.82, 2.24) is 0 Å². The van der Waals surface area contributed by atoms with E-state index in [4.69, 9.17) is 4.74 Å². The summed E-state index contributed by atoms with van der Waals surface area (Å²) >= 11 is 0. The Bertz CT molecular complexity index is 296. The molecular formula is C14H20O2. The highest BCUT2D eigenvalue weighted by atomic mass is 16.5. The lowest BCUT2D eigenvalue weighted by Crippen LogP contribution is -2.23. The van der Waals surface area contributed by atoms with Gasteiger partial charge in [-0.3, -0.25) is 0 Å². The molecule has 0 rings (SSSR count). The van der Waals surface area contributed by atoms with E-state index in [1.54, 1.807) is 12.2 Å². The number of rotatable bonds is 8. The Kier molecular flexibility index (Phi) is 6.93. The van der Waals surface area contributed by atoms with Crippen LogP contribution in [0.1, 0.15) is 26.7 Å². The van der Waals surface area contributed by atoms with Gasteiger partial charge < -0.3 is 9.53 Å². The topological polar surface area (TPSA) is 26.3 Å². The highest BCUT2D eigenvalue weighted by Gasteiger charge is 2.19. The molecule has 0 heterocycles. The van der Waals surface area contributed by atoms with E-state index in [1.807, 2.05) is 32.1 Å². The maximum atomic E-state index is 10.3. The van der Waals surface area contributed by atoms with Crippen molar-refractivity contribution in [3.05, 3.63) is 49.3 Å². The van der Waals surface area contributed by atoms with Gasteiger partial charge in [-0.1, -0.05) is 31.4 Å². The standard InChI is InChI=1S/C14H20O2/c1-5-7-8-10-13(6-2)16-14(3,4)11-9-12-15/h5-8,10,12H,1-2,9,11H2,3-4H3/b8-7-,13-10+. The third-order valence-electron chi connectivity index (χ3n) is 1.97. The average Bonchev–Trinajstić information content (AvgIpc) is 2.25. The van der Waals surface area contributed by atoms with E-state index < -0.39 is 0 Å². The van der Waals surface area contributed by atoms with Gasteiger partial charge in [-0.15, -0.1) is 0 Å². The van der Waals surface area contributed by atoms with E-state index in [9.17, 15) is 4.79 Å². The molecule has 0 aliphatic rings. The number of carbonyl (C=O) groups is 1. The van der Waals surface area contributed by atoms with Crippen molar-refractivity contribution < 1.29 is 9.53 Å². The highest BCUT2D eigenvalue weighted by Crippen LogP contribution is 2.20. The SMILES string of the molecule is C=C/C=C\C=C(/C=C)OC(C)(C)CCC=O. The maximum absolute atomic E-state index is 10.3. The molecule has 0 N–H and O–H groups in total. The van der Waals surface area contributed by atoms with Crippen molar-refractivity contribution in [3.63, 3.8) is 0 Å². The largest absolute Gasteiger partial charge is 0.488 e. The lowest BCUT2D eigenvalue weighted by molar-refractivity contribution is -0.109. The lowest BCUT2D eigenvalue weighted by Gasteiger charge is -2.26. The molecule has 2 nitrogen and oxygen atoms in total. The molecule has 88 valence electrons. The minimum absolute atomic E-state index is 0.358. The molecule has 0 amide bonds. The molecule has 0 fully saturated rings.